The van der Waals surface area contributed by atoms with Gasteiger partial charge in [-0.3, -0.25) is 0 Å². The molecule has 0 bridgehead atoms. The highest BCUT2D eigenvalue weighted by Crippen LogP contribution is 2.53. The Morgan fingerprint density at radius 1 is 1.21 bits per heavy atom. The van der Waals surface area contributed by atoms with Crippen molar-refractivity contribution < 1.29 is 4.42 Å². The lowest BCUT2D eigenvalue weighted by molar-refractivity contribution is 0.158. The van der Waals surface area contributed by atoms with E-state index in [0.29, 0.717) is 0 Å². The van der Waals surface area contributed by atoms with Gasteiger partial charge in [0.1, 0.15) is 5.76 Å². The Morgan fingerprint density at radius 2 is 1.95 bits per heavy atom. The number of benzene rings is 1. The molecular formula is C16H18BrNO. The number of furan rings is 1. The molecular weight excluding hydrogens is 302 g/mol. The fraction of sp³-hybridized carbons (Fsp3) is 0.375. The van der Waals surface area contributed by atoms with Gasteiger partial charge in [-0.05, 0) is 47.4 Å². The molecule has 1 fully saturated rings. The quantitative estimate of drug-likeness (QED) is 0.902. The molecule has 1 N–H and O–H groups in total. The Bertz CT molecular complexity index is 545. The van der Waals surface area contributed by atoms with Gasteiger partial charge in [-0.15, -0.1) is 0 Å². The fourth-order valence-corrected chi connectivity index (χ4v) is 3.67. The summed E-state index contributed by atoms with van der Waals surface area (Å²) in [4.78, 5) is 0. The second-order valence-corrected chi connectivity index (χ2v) is 6.08. The molecule has 1 unspecified atom stereocenters. The first-order valence-corrected chi connectivity index (χ1v) is 7.53. The van der Waals surface area contributed by atoms with E-state index < -0.39 is 0 Å². The maximum Gasteiger partial charge on any atom is 0.135 e. The number of hydrogen-bond donors (Lipinski definition) is 1. The summed E-state index contributed by atoms with van der Waals surface area (Å²) in [5, 5.41) is 3.46. The normalized spacial score (nSPS) is 18.8. The minimum atomic E-state index is 0.163. The molecule has 0 spiro atoms. The van der Waals surface area contributed by atoms with Crippen molar-refractivity contribution in [3.05, 3.63) is 58.5 Å². The molecule has 0 aliphatic heterocycles. The lowest BCUT2D eigenvalue weighted by Gasteiger charge is -2.47. The van der Waals surface area contributed by atoms with Gasteiger partial charge in [-0.25, -0.2) is 0 Å². The summed E-state index contributed by atoms with van der Waals surface area (Å²) in [7, 11) is 2.02. The van der Waals surface area contributed by atoms with Crippen molar-refractivity contribution in [2.75, 3.05) is 7.05 Å². The number of halogens is 1. The van der Waals surface area contributed by atoms with Crippen LogP contribution in [0.1, 0.15) is 36.6 Å². The summed E-state index contributed by atoms with van der Waals surface area (Å²) < 4.78 is 6.76. The lowest BCUT2D eigenvalue weighted by Crippen LogP contribution is -2.45. The molecule has 0 radical (unpaired) electrons. The van der Waals surface area contributed by atoms with E-state index in [9.17, 15) is 0 Å². The highest BCUT2D eigenvalue weighted by Gasteiger charge is 2.47. The number of rotatable bonds is 4. The molecule has 1 atom stereocenters. The van der Waals surface area contributed by atoms with Crippen molar-refractivity contribution in [3.8, 4) is 0 Å². The van der Waals surface area contributed by atoms with Crippen LogP contribution in [0.4, 0.5) is 0 Å². The lowest BCUT2D eigenvalue weighted by atomic mass is 9.59. The Morgan fingerprint density at radius 3 is 2.42 bits per heavy atom. The van der Waals surface area contributed by atoms with Crippen LogP contribution in [0.25, 0.3) is 0 Å². The molecule has 3 heteroatoms. The third-order valence-electron chi connectivity index (χ3n) is 4.34. The topological polar surface area (TPSA) is 25.2 Å². The predicted molar refractivity (Wildman–Crippen MR) is 80.2 cm³/mol. The fourth-order valence-electron chi connectivity index (χ4n) is 3.24. The smallest absolute Gasteiger partial charge is 0.135 e. The molecule has 1 aliphatic rings. The van der Waals surface area contributed by atoms with Crippen molar-refractivity contribution in [1.29, 1.82) is 0 Å². The third-order valence-corrected chi connectivity index (χ3v) is 5.00. The highest BCUT2D eigenvalue weighted by molar-refractivity contribution is 9.10. The van der Waals surface area contributed by atoms with Crippen LogP contribution in [0.2, 0.25) is 0 Å². The first kappa shape index (κ1) is 12.9. The summed E-state index contributed by atoms with van der Waals surface area (Å²) in [5.41, 5.74) is 1.57. The van der Waals surface area contributed by atoms with Crippen molar-refractivity contribution in [3.63, 3.8) is 0 Å². The molecule has 1 aliphatic carbocycles. The molecule has 2 aromatic rings. The van der Waals surface area contributed by atoms with Crippen LogP contribution in [0.15, 0.2) is 51.6 Å². The maximum atomic E-state index is 5.71. The highest BCUT2D eigenvalue weighted by atomic mass is 79.9. The second kappa shape index (κ2) is 5.14. The van der Waals surface area contributed by atoms with Crippen LogP contribution in [-0.4, -0.2) is 7.05 Å². The minimum absolute atomic E-state index is 0.163. The molecule has 1 saturated carbocycles. The molecule has 19 heavy (non-hydrogen) atoms. The van der Waals surface area contributed by atoms with E-state index in [4.69, 9.17) is 4.42 Å². The predicted octanol–water partition coefficient (Wildman–Crippen LogP) is 4.42. The zero-order valence-corrected chi connectivity index (χ0v) is 12.6. The standard InChI is InChI=1S/C16H18BrNO/c1-18-15(14-13(17)8-11-19-14)16(9-5-10-16)12-6-3-2-4-7-12/h2-4,6-8,11,15,18H,5,9-10H2,1H3. The van der Waals surface area contributed by atoms with Crippen molar-refractivity contribution >= 4 is 15.9 Å². The van der Waals surface area contributed by atoms with Crippen molar-refractivity contribution in [1.82, 2.24) is 5.32 Å². The van der Waals surface area contributed by atoms with E-state index in [1.165, 1.54) is 24.8 Å². The third kappa shape index (κ3) is 2.05. The van der Waals surface area contributed by atoms with E-state index in [2.05, 4.69) is 51.6 Å². The Hall–Kier alpha value is -1.06. The summed E-state index contributed by atoms with van der Waals surface area (Å²) >= 11 is 3.59. The Balaban J connectivity index is 2.04. The molecule has 1 aromatic heterocycles. The average Bonchev–Trinajstić information content (AvgIpc) is 2.81. The van der Waals surface area contributed by atoms with E-state index in [1.54, 1.807) is 6.26 Å². The van der Waals surface area contributed by atoms with E-state index >= 15 is 0 Å². The van der Waals surface area contributed by atoms with Crippen LogP contribution < -0.4 is 5.32 Å². The van der Waals surface area contributed by atoms with Gasteiger partial charge in [-0.1, -0.05) is 36.8 Å². The Kier molecular flexibility index (Phi) is 3.50. The summed E-state index contributed by atoms with van der Waals surface area (Å²) in [5.74, 6) is 1.01. The van der Waals surface area contributed by atoms with Crippen LogP contribution in [0.5, 0.6) is 0 Å². The van der Waals surface area contributed by atoms with Crippen LogP contribution in [-0.2, 0) is 5.41 Å². The maximum absolute atomic E-state index is 5.71. The number of likely N-dealkylation sites (N-methyl/N-ethyl adjacent to an activating group) is 1. The van der Waals surface area contributed by atoms with Gasteiger partial charge in [-0.2, -0.15) is 0 Å². The molecule has 100 valence electrons. The molecule has 0 amide bonds. The summed E-state index contributed by atoms with van der Waals surface area (Å²) in [6.07, 6.45) is 5.44. The van der Waals surface area contributed by atoms with E-state index in [1.807, 2.05) is 13.1 Å². The van der Waals surface area contributed by atoms with Crippen LogP contribution >= 0.6 is 15.9 Å². The Labute approximate surface area is 122 Å². The van der Waals surface area contributed by atoms with E-state index in [0.717, 1.165) is 10.2 Å². The van der Waals surface area contributed by atoms with Gasteiger partial charge >= 0.3 is 0 Å². The number of nitrogens with one attached hydrogen (secondary N) is 1. The molecule has 1 aromatic carbocycles. The minimum Gasteiger partial charge on any atom is -0.466 e. The van der Waals surface area contributed by atoms with Gasteiger partial charge in [0, 0.05) is 5.41 Å². The van der Waals surface area contributed by atoms with Crippen molar-refractivity contribution in [2.45, 2.75) is 30.7 Å². The first-order chi connectivity index (χ1) is 9.28. The molecule has 3 rings (SSSR count). The molecule has 0 saturated heterocycles. The largest absolute Gasteiger partial charge is 0.466 e. The number of hydrogen-bond acceptors (Lipinski definition) is 2. The molecule has 2 nitrogen and oxygen atoms in total. The van der Waals surface area contributed by atoms with Crippen molar-refractivity contribution in [2.24, 2.45) is 0 Å². The van der Waals surface area contributed by atoms with Gasteiger partial charge in [0.15, 0.2) is 0 Å². The monoisotopic (exact) mass is 319 g/mol. The second-order valence-electron chi connectivity index (χ2n) is 5.23. The van der Waals surface area contributed by atoms with Gasteiger partial charge in [0.2, 0.25) is 0 Å². The first-order valence-electron chi connectivity index (χ1n) is 6.73. The SMILES string of the molecule is CNC(c1occc1Br)C1(c2ccccc2)CCC1. The zero-order chi connectivity index (χ0) is 13.3. The van der Waals surface area contributed by atoms with Crippen LogP contribution in [0.3, 0.4) is 0 Å². The zero-order valence-electron chi connectivity index (χ0n) is 11.0. The summed E-state index contributed by atoms with van der Waals surface area (Å²) in [6.45, 7) is 0. The summed E-state index contributed by atoms with van der Waals surface area (Å²) in [6, 6.07) is 13.0. The average molecular weight is 320 g/mol. The van der Waals surface area contributed by atoms with Gasteiger partial charge in [0.25, 0.3) is 0 Å². The van der Waals surface area contributed by atoms with Crippen LogP contribution in [0, 0.1) is 0 Å². The van der Waals surface area contributed by atoms with E-state index in [-0.39, 0.29) is 11.5 Å². The van der Waals surface area contributed by atoms with Gasteiger partial charge < -0.3 is 9.73 Å². The molecule has 1 heterocycles. The van der Waals surface area contributed by atoms with Gasteiger partial charge in [0.05, 0.1) is 16.8 Å².